The van der Waals surface area contributed by atoms with E-state index in [1.807, 2.05) is 6.33 Å². The SMILES string of the molecule is Cl.N#Cc1ccnc(Nc2cc(C3CC3)cc(-c3ccc4c(c3)ncn4[C@H]3CC[C@H](O)CC3)n2)c1. The standard InChI is InChI=1S/C27H26N6O.ClH/c28-15-17-9-10-29-26(11-17)32-27-14-20(18-1-2-18)13-23(31-27)19-3-8-25-24(12-19)30-16-33(25)21-4-6-22(34)7-5-21;/h3,8-14,16,18,21-22,34H,1-2,4-7H2,(H,29,31,32);1H/t21-,22-;. The molecule has 0 spiro atoms. The average molecular weight is 487 g/mol. The lowest BCUT2D eigenvalue weighted by Crippen LogP contribution is -2.20. The minimum atomic E-state index is -0.164. The molecule has 3 heterocycles. The number of fused-ring (bicyclic) bond motifs is 1. The van der Waals surface area contributed by atoms with E-state index in [1.54, 1.807) is 18.3 Å². The van der Waals surface area contributed by atoms with E-state index < -0.39 is 0 Å². The predicted molar refractivity (Wildman–Crippen MR) is 138 cm³/mol. The van der Waals surface area contributed by atoms with E-state index in [0.717, 1.165) is 53.8 Å². The third-order valence-electron chi connectivity index (χ3n) is 6.97. The number of anilines is 2. The number of aliphatic hydroxyl groups is 1. The van der Waals surface area contributed by atoms with Gasteiger partial charge in [0.2, 0.25) is 0 Å². The summed E-state index contributed by atoms with van der Waals surface area (Å²) in [4.78, 5) is 13.9. The Bertz CT molecular complexity index is 1400. The van der Waals surface area contributed by atoms with Gasteiger partial charge in [-0.1, -0.05) is 6.07 Å². The zero-order valence-electron chi connectivity index (χ0n) is 19.3. The molecule has 2 saturated carbocycles. The second-order valence-corrected chi connectivity index (χ2v) is 9.43. The molecule has 2 fully saturated rings. The van der Waals surface area contributed by atoms with E-state index in [1.165, 1.54) is 18.4 Å². The van der Waals surface area contributed by atoms with Crippen molar-refractivity contribution in [3.05, 3.63) is 66.1 Å². The second kappa shape index (κ2) is 9.65. The highest BCUT2D eigenvalue weighted by Crippen LogP contribution is 2.42. The lowest BCUT2D eigenvalue weighted by Gasteiger charge is -2.26. The van der Waals surface area contributed by atoms with Gasteiger partial charge >= 0.3 is 0 Å². The fraction of sp³-hybridized carbons (Fsp3) is 0.333. The van der Waals surface area contributed by atoms with Crippen LogP contribution in [0.1, 0.15) is 61.6 Å². The molecular weight excluding hydrogens is 460 g/mol. The first-order valence-corrected chi connectivity index (χ1v) is 12.0. The lowest BCUT2D eigenvalue weighted by molar-refractivity contribution is 0.111. The summed E-state index contributed by atoms with van der Waals surface area (Å²) in [6.07, 6.45) is 9.46. The highest BCUT2D eigenvalue weighted by Gasteiger charge is 2.25. The number of benzene rings is 1. The number of aromatic nitrogens is 4. The fourth-order valence-electron chi connectivity index (χ4n) is 4.93. The Morgan fingerprint density at radius 2 is 1.77 bits per heavy atom. The van der Waals surface area contributed by atoms with Crippen LogP contribution in [0.3, 0.4) is 0 Å². The van der Waals surface area contributed by atoms with Crippen molar-refractivity contribution in [2.45, 2.75) is 56.6 Å². The average Bonchev–Trinajstić information content (AvgIpc) is 3.64. The lowest BCUT2D eigenvalue weighted by atomic mass is 9.93. The molecule has 3 aromatic heterocycles. The van der Waals surface area contributed by atoms with Gasteiger partial charge in [-0.05, 0) is 86.4 Å². The number of pyridine rings is 2. The summed E-state index contributed by atoms with van der Waals surface area (Å²) in [5, 5.41) is 22.3. The van der Waals surface area contributed by atoms with E-state index in [2.05, 4.69) is 51.3 Å². The molecule has 0 amide bonds. The van der Waals surface area contributed by atoms with Crippen molar-refractivity contribution in [1.82, 2.24) is 19.5 Å². The number of rotatable bonds is 5. The van der Waals surface area contributed by atoms with Crippen LogP contribution in [0.15, 0.2) is 55.0 Å². The van der Waals surface area contributed by atoms with E-state index >= 15 is 0 Å². The first-order chi connectivity index (χ1) is 16.7. The van der Waals surface area contributed by atoms with E-state index in [4.69, 9.17) is 9.97 Å². The number of nitrogens with one attached hydrogen (secondary N) is 1. The van der Waals surface area contributed by atoms with Crippen molar-refractivity contribution < 1.29 is 5.11 Å². The molecular formula is C27H27ClN6O. The Hall–Kier alpha value is -3.47. The fourth-order valence-corrected chi connectivity index (χ4v) is 4.93. The van der Waals surface area contributed by atoms with Crippen LogP contribution in [0.5, 0.6) is 0 Å². The summed E-state index contributed by atoms with van der Waals surface area (Å²) in [7, 11) is 0. The largest absolute Gasteiger partial charge is 0.393 e. The quantitative estimate of drug-likeness (QED) is 0.365. The van der Waals surface area contributed by atoms with Crippen LogP contribution in [-0.4, -0.2) is 30.7 Å². The predicted octanol–water partition coefficient (Wildman–Crippen LogP) is 5.88. The molecule has 2 aliphatic rings. The second-order valence-electron chi connectivity index (χ2n) is 9.43. The third kappa shape index (κ3) is 4.86. The maximum absolute atomic E-state index is 9.85. The Kier molecular flexibility index (Phi) is 6.42. The van der Waals surface area contributed by atoms with Crippen LogP contribution in [0.25, 0.3) is 22.3 Å². The molecule has 2 aliphatic carbocycles. The van der Waals surface area contributed by atoms with Crippen LogP contribution in [0.4, 0.5) is 11.6 Å². The molecule has 0 atom stereocenters. The summed E-state index contributed by atoms with van der Waals surface area (Å²) in [6, 6.07) is 16.6. The van der Waals surface area contributed by atoms with Gasteiger partial charge in [0.05, 0.1) is 40.8 Å². The molecule has 0 radical (unpaired) electrons. The molecule has 35 heavy (non-hydrogen) atoms. The Labute approximate surface area is 210 Å². The molecule has 0 aliphatic heterocycles. The summed E-state index contributed by atoms with van der Waals surface area (Å²) >= 11 is 0. The molecule has 7 nitrogen and oxygen atoms in total. The van der Waals surface area contributed by atoms with Gasteiger partial charge in [-0.25, -0.2) is 15.0 Å². The molecule has 2 N–H and O–H groups in total. The topological polar surface area (TPSA) is 99.7 Å². The van der Waals surface area contributed by atoms with Crippen LogP contribution < -0.4 is 5.32 Å². The van der Waals surface area contributed by atoms with Gasteiger partial charge in [0.25, 0.3) is 0 Å². The molecule has 0 unspecified atom stereocenters. The van der Waals surface area contributed by atoms with Gasteiger partial charge in [-0.3, -0.25) is 0 Å². The van der Waals surface area contributed by atoms with Gasteiger partial charge in [-0.15, -0.1) is 12.4 Å². The molecule has 0 bridgehead atoms. The van der Waals surface area contributed by atoms with Crippen molar-refractivity contribution in [2.24, 2.45) is 0 Å². The smallest absolute Gasteiger partial charge is 0.132 e. The summed E-state index contributed by atoms with van der Waals surface area (Å²) in [6.45, 7) is 0. The van der Waals surface area contributed by atoms with Gasteiger partial charge in [0.15, 0.2) is 0 Å². The van der Waals surface area contributed by atoms with Gasteiger partial charge in [0.1, 0.15) is 11.6 Å². The van der Waals surface area contributed by atoms with Crippen molar-refractivity contribution >= 4 is 35.1 Å². The maximum Gasteiger partial charge on any atom is 0.132 e. The van der Waals surface area contributed by atoms with Gasteiger partial charge in [-0.2, -0.15) is 5.26 Å². The summed E-state index contributed by atoms with van der Waals surface area (Å²) < 4.78 is 2.26. The number of hydrogen-bond donors (Lipinski definition) is 2. The van der Waals surface area contributed by atoms with E-state index in [0.29, 0.717) is 23.3 Å². The molecule has 0 saturated heterocycles. The number of hydrogen-bond acceptors (Lipinski definition) is 6. The maximum atomic E-state index is 9.85. The Morgan fingerprint density at radius 3 is 2.54 bits per heavy atom. The zero-order valence-corrected chi connectivity index (χ0v) is 20.1. The Morgan fingerprint density at radius 1 is 0.943 bits per heavy atom. The van der Waals surface area contributed by atoms with Crippen molar-refractivity contribution in [1.29, 1.82) is 5.26 Å². The first-order valence-electron chi connectivity index (χ1n) is 12.0. The zero-order chi connectivity index (χ0) is 23.1. The van der Waals surface area contributed by atoms with Gasteiger partial charge in [0, 0.05) is 17.8 Å². The number of imidazole rings is 1. The minimum Gasteiger partial charge on any atom is -0.393 e. The monoisotopic (exact) mass is 486 g/mol. The molecule has 178 valence electrons. The van der Waals surface area contributed by atoms with E-state index in [9.17, 15) is 10.4 Å². The first kappa shape index (κ1) is 23.3. The van der Waals surface area contributed by atoms with Crippen LogP contribution in [-0.2, 0) is 0 Å². The number of aliphatic hydroxyl groups excluding tert-OH is 1. The molecule has 6 rings (SSSR count). The summed E-state index contributed by atoms with van der Waals surface area (Å²) in [5.74, 6) is 1.91. The van der Waals surface area contributed by atoms with Crippen LogP contribution in [0.2, 0.25) is 0 Å². The molecule has 4 aromatic rings. The number of halogens is 1. The number of nitriles is 1. The number of nitrogens with zero attached hydrogens (tertiary/aromatic N) is 5. The molecule has 8 heteroatoms. The molecule has 1 aromatic carbocycles. The van der Waals surface area contributed by atoms with E-state index in [-0.39, 0.29) is 18.5 Å². The third-order valence-corrected chi connectivity index (χ3v) is 6.97. The normalized spacial score (nSPS) is 19.7. The highest BCUT2D eigenvalue weighted by atomic mass is 35.5. The Balaban J connectivity index is 0.00000253. The summed E-state index contributed by atoms with van der Waals surface area (Å²) in [5.41, 5.74) is 5.85. The van der Waals surface area contributed by atoms with Gasteiger partial charge < -0.3 is 15.0 Å². The van der Waals surface area contributed by atoms with Crippen molar-refractivity contribution in [2.75, 3.05) is 5.32 Å². The highest BCUT2D eigenvalue weighted by molar-refractivity contribution is 5.85. The van der Waals surface area contributed by atoms with Crippen molar-refractivity contribution in [3.63, 3.8) is 0 Å². The van der Waals surface area contributed by atoms with Crippen LogP contribution in [0, 0.1) is 11.3 Å². The minimum absolute atomic E-state index is 0. The van der Waals surface area contributed by atoms with Crippen molar-refractivity contribution in [3.8, 4) is 17.3 Å². The van der Waals surface area contributed by atoms with Crippen LogP contribution >= 0.6 is 12.4 Å².